The third kappa shape index (κ3) is 7.99. The number of hydrogen-bond donors (Lipinski definition) is 0. The molecule has 6 nitrogen and oxygen atoms in total. The molecule has 6 heteroatoms. The Morgan fingerprint density at radius 3 is 2.25 bits per heavy atom. The van der Waals surface area contributed by atoms with Crippen LogP contribution in [-0.4, -0.2) is 57.0 Å². The highest BCUT2D eigenvalue weighted by molar-refractivity contribution is 5.80. The Morgan fingerprint density at radius 1 is 1.05 bits per heavy atom. The van der Waals surface area contributed by atoms with Crippen LogP contribution in [0.25, 0.3) is 0 Å². The molecule has 0 N–H and O–H groups in total. The summed E-state index contributed by atoms with van der Waals surface area (Å²) < 4.78 is 14.8. The Kier molecular flexibility index (Phi) is 9.80. The Morgan fingerprint density at radius 2 is 1.70 bits per heavy atom. The van der Waals surface area contributed by atoms with E-state index in [0.717, 1.165) is 12.8 Å². The van der Waals surface area contributed by atoms with Crippen LogP contribution < -0.4 is 0 Å². The summed E-state index contributed by atoms with van der Waals surface area (Å²) in [6.45, 7) is 6.72. The summed E-state index contributed by atoms with van der Waals surface area (Å²) in [6.07, 6.45) is 1.28. The van der Waals surface area contributed by atoms with Crippen LogP contribution in [0.2, 0.25) is 0 Å². The van der Waals surface area contributed by atoms with Crippen LogP contribution in [0.3, 0.4) is 0 Å². The van der Waals surface area contributed by atoms with Gasteiger partial charge in [-0.1, -0.05) is 13.8 Å². The molecule has 0 aromatic rings. The first-order valence-electron chi connectivity index (χ1n) is 6.95. The fourth-order valence-corrected chi connectivity index (χ4v) is 1.42. The second-order valence-corrected chi connectivity index (χ2v) is 5.10. The molecular formula is C14H27NO5. The van der Waals surface area contributed by atoms with Gasteiger partial charge < -0.3 is 14.2 Å². The van der Waals surface area contributed by atoms with Gasteiger partial charge in [-0.15, -0.1) is 0 Å². The molecule has 0 aliphatic rings. The van der Waals surface area contributed by atoms with Crippen molar-refractivity contribution in [1.29, 1.82) is 0 Å². The zero-order chi connectivity index (χ0) is 15.5. The molecule has 0 rings (SSSR count). The van der Waals surface area contributed by atoms with Gasteiger partial charge in [-0.2, -0.15) is 0 Å². The number of esters is 1. The molecule has 0 spiro atoms. The maximum Gasteiger partial charge on any atom is 0.410 e. The predicted molar refractivity (Wildman–Crippen MR) is 75.5 cm³/mol. The molecule has 0 radical (unpaired) electrons. The summed E-state index contributed by atoms with van der Waals surface area (Å²) in [5, 5.41) is 0. The maximum absolute atomic E-state index is 11.8. The normalized spacial score (nSPS) is 12.1. The van der Waals surface area contributed by atoms with E-state index in [-0.39, 0.29) is 6.61 Å². The third-order valence-corrected chi connectivity index (χ3v) is 2.89. The number of likely N-dealkylation sites (N-methyl/N-ethyl adjacent to an activating group) is 1. The van der Waals surface area contributed by atoms with Crippen LogP contribution in [0.5, 0.6) is 0 Å². The van der Waals surface area contributed by atoms with Crippen LogP contribution in [-0.2, 0) is 19.0 Å². The first-order valence-corrected chi connectivity index (χ1v) is 6.95. The SMILES string of the molecule is COCCOC(=O)N(C)C(C)C(=O)OCCCC(C)C. The molecule has 0 saturated heterocycles. The second kappa shape index (κ2) is 10.5. The summed E-state index contributed by atoms with van der Waals surface area (Å²) in [6, 6.07) is -0.663. The zero-order valence-electron chi connectivity index (χ0n) is 13.2. The van der Waals surface area contributed by atoms with E-state index in [9.17, 15) is 9.59 Å². The molecule has 0 heterocycles. The first-order chi connectivity index (χ1) is 9.40. The monoisotopic (exact) mass is 289 g/mol. The molecule has 1 atom stereocenters. The minimum absolute atomic E-state index is 0.163. The molecule has 0 aromatic carbocycles. The lowest BCUT2D eigenvalue weighted by Crippen LogP contribution is -2.42. The average Bonchev–Trinajstić information content (AvgIpc) is 2.41. The van der Waals surface area contributed by atoms with Crippen molar-refractivity contribution in [3.63, 3.8) is 0 Å². The van der Waals surface area contributed by atoms with Crippen LogP contribution in [0.4, 0.5) is 4.79 Å². The molecule has 20 heavy (non-hydrogen) atoms. The van der Waals surface area contributed by atoms with Gasteiger partial charge in [0.15, 0.2) is 0 Å². The molecular weight excluding hydrogens is 262 g/mol. The van der Waals surface area contributed by atoms with Crippen molar-refractivity contribution in [2.75, 3.05) is 34.0 Å². The van der Waals surface area contributed by atoms with Gasteiger partial charge in [0.25, 0.3) is 0 Å². The van der Waals surface area contributed by atoms with Crippen LogP contribution in [0, 0.1) is 5.92 Å². The van der Waals surface area contributed by atoms with E-state index >= 15 is 0 Å². The van der Waals surface area contributed by atoms with E-state index < -0.39 is 18.1 Å². The highest BCUT2D eigenvalue weighted by Crippen LogP contribution is 2.06. The lowest BCUT2D eigenvalue weighted by atomic mass is 10.1. The number of ether oxygens (including phenoxy) is 3. The van der Waals surface area contributed by atoms with Crippen molar-refractivity contribution in [3.05, 3.63) is 0 Å². The topological polar surface area (TPSA) is 65.1 Å². The molecule has 1 unspecified atom stereocenters. The van der Waals surface area contributed by atoms with Gasteiger partial charge in [0.2, 0.25) is 0 Å². The standard InChI is InChI=1S/C14H27NO5/c1-11(2)7-6-8-19-13(16)12(3)15(4)14(17)20-10-9-18-5/h11-12H,6-10H2,1-5H3. The van der Waals surface area contributed by atoms with E-state index in [1.807, 2.05) is 0 Å². The molecule has 0 aliphatic heterocycles. The van der Waals surface area contributed by atoms with Crippen LogP contribution >= 0.6 is 0 Å². The van der Waals surface area contributed by atoms with Crippen molar-refractivity contribution in [3.8, 4) is 0 Å². The average molecular weight is 289 g/mol. The van der Waals surface area contributed by atoms with E-state index in [1.54, 1.807) is 6.92 Å². The number of hydrogen-bond acceptors (Lipinski definition) is 5. The quantitative estimate of drug-likeness (QED) is 0.480. The number of carbonyl (C=O) groups is 2. The van der Waals surface area contributed by atoms with Crippen molar-refractivity contribution in [2.45, 2.75) is 39.7 Å². The molecule has 0 aliphatic carbocycles. The van der Waals surface area contributed by atoms with Gasteiger partial charge in [-0.25, -0.2) is 9.59 Å². The summed E-state index contributed by atoms with van der Waals surface area (Å²) in [4.78, 5) is 24.6. The number of amides is 1. The fraction of sp³-hybridized carbons (Fsp3) is 0.857. The number of nitrogens with zero attached hydrogens (tertiary/aromatic N) is 1. The summed E-state index contributed by atoms with van der Waals surface area (Å²) in [5.41, 5.74) is 0. The molecule has 0 fully saturated rings. The van der Waals surface area contributed by atoms with E-state index in [2.05, 4.69) is 13.8 Å². The van der Waals surface area contributed by atoms with E-state index in [4.69, 9.17) is 14.2 Å². The zero-order valence-corrected chi connectivity index (χ0v) is 13.2. The largest absolute Gasteiger partial charge is 0.464 e. The van der Waals surface area contributed by atoms with Gasteiger partial charge in [0.1, 0.15) is 12.6 Å². The van der Waals surface area contributed by atoms with Gasteiger partial charge >= 0.3 is 12.1 Å². The van der Waals surface area contributed by atoms with E-state index in [0.29, 0.717) is 19.1 Å². The van der Waals surface area contributed by atoms with Crippen molar-refractivity contribution < 1.29 is 23.8 Å². The third-order valence-electron chi connectivity index (χ3n) is 2.89. The number of methoxy groups -OCH3 is 1. The van der Waals surface area contributed by atoms with Gasteiger partial charge in [0.05, 0.1) is 13.2 Å². The summed E-state index contributed by atoms with van der Waals surface area (Å²) in [7, 11) is 3.03. The van der Waals surface area contributed by atoms with Crippen LogP contribution in [0.1, 0.15) is 33.6 Å². The van der Waals surface area contributed by atoms with E-state index in [1.165, 1.54) is 19.1 Å². The van der Waals surface area contributed by atoms with Gasteiger partial charge in [-0.3, -0.25) is 4.90 Å². The summed E-state index contributed by atoms with van der Waals surface area (Å²) in [5.74, 6) is 0.171. The van der Waals surface area contributed by atoms with Crippen LogP contribution in [0.15, 0.2) is 0 Å². The number of rotatable bonds is 9. The maximum atomic E-state index is 11.8. The molecule has 0 bridgehead atoms. The first kappa shape index (κ1) is 18.7. The van der Waals surface area contributed by atoms with Gasteiger partial charge in [0, 0.05) is 14.2 Å². The fourth-order valence-electron chi connectivity index (χ4n) is 1.42. The van der Waals surface area contributed by atoms with Crippen molar-refractivity contribution in [1.82, 2.24) is 4.90 Å². The van der Waals surface area contributed by atoms with Crippen molar-refractivity contribution in [2.24, 2.45) is 5.92 Å². The Balaban J connectivity index is 3.99. The number of carbonyl (C=O) groups excluding carboxylic acids is 2. The Labute approximate surface area is 121 Å². The minimum Gasteiger partial charge on any atom is -0.464 e. The minimum atomic E-state index is -0.663. The highest BCUT2D eigenvalue weighted by Gasteiger charge is 2.24. The van der Waals surface area contributed by atoms with Gasteiger partial charge in [-0.05, 0) is 25.7 Å². The molecule has 118 valence electrons. The highest BCUT2D eigenvalue weighted by atomic mass is 16.6. The summed E-state index contributed by atoms with van der Waals surface area (Å²) >= 11 is 0. The lowest BCUT2D eigenvalue weighted by molar-refractivity contribution is -0.148. The molecule has 1 amide bonds. The second-order valence-electron chi connectivity index (χ2n) is 5.10. The molecule has 0 saturated carbocycles. The lowest BCUT2D eigenvalue weighted by Gasteiger charge is -2.22. The van der Waals surface area contributed by atoms with Crippen molar-refractivity contribution >= 4 is 12.1 Å². The Bertz CT molecular complexity index is 293. The predicted octanol–water partition coefficient (Wildman–Crippen LogP) is 2.07. The smallest absolute Gasteiger partial charge is 0.410 e. The Hall–Kier alpha value is -1.30. The molecule has 0 aromatic heterocycles.